The number of nitrogens with zero attached hydrogens (tertiary/aromatic N) is 4. The number of rotatable bonds is 5. The van der Waals surface area contributed by atoms with E-state index in [-0.39, 0.29) is 17.5 Å². The van der Waals surface area contributed by atoms with Crippen molar-refractivity contribution < 1.29 is 14.5 Å². The van der Waals surface area contributed by atoms with Crippen molar-refractivity contribution >= 4 is 34.5 Å². The summed E-state index contributed by atoms with van der Waals surface area (Å²) in [6, 6.07) is 25.7. The molecule has 8 nitrogen and oxygen atoms in total. The van der Waals surface area contributed by atoms with Crippen LogP contribution < -0.4 is 0 Å². The number of hydrogen-bond acceptors (Lipinski definition) is 6. The van der Waals surface area contributed by atoms with Gasteiger partial charge in [-0.2, -0.15) is 5.01 Å². The molecule has 0 spiro atoms. The number of fused-ring (bicyclic) bond motifs is 1. The van der Waals surface area contributed by atoms with Crippen LogP contribution in [0.5, 0.6) is 0 Å². The molecule has 1 aliphatic heterocycles. The van der Waals surface area contributed by atoms with Crippen molar-refractivity contribution in [3.8, 4) is 11.3 Å². The van der Waals surface area contributed by atoms with E-state index in [1.165, 1.54) is 18.0 Å². The van der Waals surface area contributed by atoms with Gasteiger partial charge in [-0.1, -0.05) is 60.7 Å². The molecule has 0 saturated carbocycles. The van der Waals surface area contributed by atoms with Crippen molar-refractivity contribution in [2.24, 2.45) is 5.10 Å². The largest absolute Gasteiger partial charge is 0.446 e. The second kappa shape index (κ2) is 9.18. The second-order valence-electron chi connectivity index (χ2n) is 7.89. The second-order valence-corrected chi connectivity index (χ2v) is 7.89. The Hall–Kier alpha value is -4.85. The zero-order chi connectivity index (χ0) is 24.4. The van der Waals surface area contributed by atoms with Gasteiger partial charge in [-0.05, 0) is 30.4 Å². The average Bonchev–Trinajstić information content (AvgIpc) is 3.32. The minimum Gasteiger partial charge on any atom is -0.446 e. The van der Waals surface area contributed by atoms with Crippen molar-refractivity contribution in [1.82, 2.24) is 9.99 Å². The van der Waals surface area contributed by atoms with Crippen LogP contribution in [-0.4, -0.2) is 32.9 Å². The summed E-state index contributed by atoms with van der Waals surface area (Å²) in [4.78, 5) is 28.0. The van der Waals surface area contributed by atoms with Gasteiger partial charge in [0.25, 0.3) is 5.69 Å². The number of aromatic nitrogens is 1. The Labute approximate surface area is 200 Å². The van der Waals surface area contributed by atoms with E-state index in [0.29, 0.717) is 11.1 Å². The summed E-state index contributed by atoms with van der Waals surface area (Å²) in [7, 11) is 0. The summed E-state index contributed by atoms with van der Waals surface area (Å²) in [5.74, 6) is -0.0490. The number of ether oxygens (including phenoxy) is 1. The molecule has 3 aromatic carbocycles. The van der Waals surface area contributed by atoms with Crippen LogP contribution in [0.2, 0.25) is 0 Å². The van der Waals surface area contributed by atoms with E-state index in [9.17, 15) is 14.9 Å². The highest BCUT2D eigenvalue weighted by atomic mass is 16.6. The molecule has 0 bridgehead atoms. The highest BCUT2D eigenvalue weighted by molar-refractivity contribution is 6.08. The molecule has 2 heterocycles. The summed E-state index contributed by atoms with van der Waals surface area (Å²) in [6.45, 7) is 1.39. The minimum atomic E-state index is -0.852. The predicted octanol–water partition coefficient (Wildman–Crippen LogP) is 5.39. The van der Waals surface area contributed by atoms with Crippen LogP contribution in [0, 0.1) is 10.1 Å². The first-order valence-electron chi connectivity index (χ1n) is 10.9. The molecule has 172 valence electrons. The molecule has 1 aliphatic rings. The molecular weight excluding hydrogens is 444 g/mol. The van der Waals surface area contributed by atoms with Gasteiger partial charge >= 0.3 is 0 Å². The van der Waals surface area contributed by atoms with Gasteiger partial charge in [0.15, 0.2) is 0 Å². The third kappa shape index (κ3) is 4.37. The Morgan fingerprint density at radius 2 is 1.74 bits per heavy atom. The SMILES string of the molecule is CC(=O)N1N=C(c2cc(-c3ccccc3)nc3ccccc23)O[C@H]1/C=C/c1ccccc1[N+](=O)[O-]. The van der Waals surface area contributed by atoms with Crippen molar-refractivity contribution in [2.75, 3.05) is 0 Å². The van der Waals surface area contributed by atoms with Crippen LogP contribution in [0.15, 0.2) is 96.1 Å². The molecule has 0 unspecified atom stereocenters. The lowest BCUT2D eigenvalue weighted by Crippen LogP contribution is -2.30. The molecule has 4 aromatic rings. The number of hydrazone groups is 1. The lowest BCUT2D eigenvalue weighted by atomic mass is 10.0. The van der Waals surface area contributed by atoms with E-state index < -0.39 is 11.2 Å². The van der Waals surface area contributed by atoms with Crippen LogP contribution in [-0.2, 0) is 9.53 Å². The number of para-hydroxylation sites is 2. The Morgan fingerprint density at radius 1 is 1.03 bits per heavy atom. The van der Waals surface area contributed by atoms with Crippen molar-refractivity contribution in [1.29, 1.82) is 0 Å². The molecule has 5 rings (SSSR count). The average molecular weight is 464 g/mol. The lowest BCUT2D eigenvalue weighted by Gasteiger charge is -2.15. The van der Waals surface area contributed by atoms with E-state index in [4.69, 9.17) is 9.72 Å². The molecule has 0 saturated heterocycles. The molecule has 0 N–H and O–H groups in total. The number of nitro groups is 1. The van der Waals surface area contributed by atoms with Crippen LogP contribution in [0.1, 0.15) is 18.1 Å². The monoisotopic (exact) mass is 464 g/mol. The molecule has 1 atom stereocenters. The maximum absolute atomic E-state index is 12.4. The van der Waals surface area contributed by atoms with E-state index in [1.807, 2.05) is 60.7 Å². The Balaban J connectivity index is 1.55. The fourth-order valence-corrected chi connectivity index (χ4v) is 3.92. The van der Waals surface area contributed by atoms with E-state index >= 15 is 0 Å². The van der Waals surface area contributed by atoms with E-state index in [1.54, 1.807) is 30.4 Å². The summed E-state index contributed by atoms with van der Waals surface area (Å²) in [5, 5.41) is 17.9. The first kappa shape index (κ1) is 22.0. The maximum atomic E-state index is 12.4. The lowest BCUT2D eigenvalue weighted by molar-refractivity contribution is -0.385. The Kier molecular flexibility index (Phi) is 5.76. The minimum absolute atomic E-state index is 0.0371. The molecule has 0 aliphatic carbocycles. The van der Waals surface area contributed by atoms with Crippen LogP contribution in [0.4, 0.5) is 5.69 Å². The normalized spacial score (nSPS) is 15.3. The summed E-state index contributed by atoms with van der Waals surface area (Å²) >= 11 is 0. The third-order valence-electron chi connectivity index (χ3n) is 5.58. The molecule has 0 fully saturated rings. The van der Waals surface area contributed by atoms with Crippen LogP contribution in [0.25, 0.3) is 28.2 Å². The smallest absolute Gasteiger partial charge is 0.276 e. The number of pyridine rings is 1. The van der Waals surface area contributed by atoms with Crippen LogP contribution in [0.3, 0.4) is 0 Å². The zero-order valence-corrected chi connectivity index (χ0v) is 18.7. The summed E-state index contributed by atoms with van der Waals surface area (Å²) in [5.41, 5.74) is 3.52. The van der Waals surface area contributed by atoms with Gasteiger partial charge in [0, 0.05) is 29.5 Å². The fraction of sp³-hybridized carbons (Fsp3) is 0.0741. The zero-order valence-electron chi connectivity index (χ0n) is 18.7. The number of hydrogen-bond donors (Lipinski definition) is 0. The maximum Gasteiger partial charge on any atom is 0.276 e. The molecule has 0 radical (unpaired) electrons. The molecule has 8 heteroatoms. The number of nitro benzene ring substituents is 1. The van der Waals surface area contributed by atoms with Gasteiger partial charge in [0.1, 0.15) is 0 Å². The molecule has 1 aromatic heterocycles. The van der Waals surface area contributed by atoms with Gasteiger partial charge in [0.05, 0.1) is 21.7 Å². The first-order chi connectivity index (χ1) is 17.0. The molecule has 1 amide bonds. The van der Waals surface area contributed by atoms with E-state index in [2.05, 4.69) is 5.10 Å². The highest BCUT2D eigenvalue weighted by Gasteiger charge is 2.31. The quantitative estimate of drug-likeness (QED) is 0.291. The number of benzene rings is 3. The van der Waals surface area contributed by atoms with Gasteiger partial charge in [0.2, 0.25) is 18.0 Å². The fourth-order valence-electron chi connectivity index (χ4n) is 3.92. The van der Waals surface area contributed by atoms with Crippen molar-refractivity contribution in [2.45, 2.75) is 13.2 Å². The predicted molar refractivity (Wildman–Crippen MR) is 133 cm³/mol. The summed E-state index contributed by atoms with van der Waals surface area (Å²) in [6.07, 6.45) is 2.30. The summed E-state index contributed by atoms with van der Waals surface area (Å²) < 4.78 is 6.11. The Bertz CT molecular complexity index is 1500. The molecular formula is C27H20N4O4. The van der Waals surface area contributed by atoms with Gasteiger partial charge in [-0.3, -0.25) is 14.9 Å². The van der Waals surface area contributed by atoms with Crippen molar-refractivity contribution in [3.05, 3.63) is 112 Å². The first-order valence-corrected chi connectivity index (χ1v) is 10.9. The number of carbonyl (C=O) groups is 1. The van der Waals surface area contributed by atoms with E-state index in [0.717, 1.165) is 22.2 Å². The number of carbonyl (C=O) groups excluding carboxylic acids is 1. The number of amides is 1. The molecule has 35 heavy (non-hydrogen) atoms. The Morgan fingerprint density at radius 3 is 2.51 bits per heavy atom. The standard InChI is InChI=1S/C27H20N4O4/c1-18(32)30-26(16-15-20-11-5-8-14-25(20)31(33)34)35-27(29-30)22-17-24(19-9-3-2-4-10-19)28-23-13-7-6-12-21(22)23/h2-17,26H,1H3/b16-15+/t26-/m0/s1. The highest BCUT2D eigenvalue weighted by Crippen LogP contribution is 2.29. The van der Waals surface area contributed by atoms with Gasteiger partial charge < -0.3 is 4.74 Å². The topological polar surface area (TPSA) is 97.9 Å². The van der Waals surface area contributed by atoms with Crippen molar-refractivity contribution in [3.63, 3.8) is 0 Å². The van der Waals surface area contributed by atoms with Gasteiger partial charge in [-0.25, -0.2) is 4.98 Å². The third-order valence-corrected chi connectivity index (χ3v) is 5.58. The van der Waals surface area contributed by atoms with Gasteiger partial charge in [-0.15, -0.1) is 5.10 Å². The van der Waals surface area contributed by atoms with Crippen LogP contribution >= 0.6 is 0 Å².